The summed E-state index contributed by atoms with van der Waals surface area (Å²) in [6.07, 6.45) is 4.29. The van der Waals surface area contributed by atoms with E-state index in [1.165, 1.54) is 5.70 Å². The van der Waals surface area contributed by atoms with E-state index in [0.717, 1.165) is 17.8 Å². The molecule has 1 rings (SSSR count). The third-order valence-electron chi connectivity index (χ3n) is 1.16. The smallest absolute Gasteiger partial charge is 0.0797 e. The molecule has 0 saturated carbocycles. The lowest BCUT2D eigenvalue weighted by atomic mass is 10.2. The quantitative estimate of drug-likeness (QED) is 0.496. The van der Waals surface area contributed by atoms with Crippen molar-refractivity contribution < 1.29 is 0 Å². The van der Waals surface area contributed by atoms with Gasteiger partial charge < -0.3 is 5.32 Å². The highest BCUT2D eigenvalue weighted by atomic mass is 32.1. The molecule has 0 amide bonds. The lowest BCUT2D eigenvalue weighted by Crippen LogP contribution is -2.21. The average molecular weight is 127 g/mol. The first-order valence-corrected chi connectivity index (χ1v) is 3.16. The van der Waals surface area contributed by atoms with Crippen LogP contribution in [0, 0.1) is 0 Å². The molecule has 44 valence electrons. The second kappa shape index (κ2) is 2.27. The summed E-state index contributed by atoms with van der Waals surface area (Å²) in [4.78, 5) is 0.977. The van der Waals surface area contributed by atoms with E-state index in [-0.39, 0.29) is 0 Å². The predicted octanol–water partition coefficient (Wildman–Crippen LogP) is 1.60. The predicted molar refractivity (Wildman–Crippen MR) is 38.7 cm³/mol. The molecule has 0 atom stereocenters. The SMILES string of the molecule is CC1=CCCC(=S)N1. The topological polar surface area (TPSA) is 12.0 Å². The van der Waals surface area contributed by atoms with E-state index >= 15 is 0 Å². The number of hydrogen-bond donors (Lipinski definition) is 1. The molecule has 0 fully saturated rings. The van der Waals surface area contributed by atoms with E-state index in [1.54, 1.807) is 0 Å². The van der Waals surface area contributed by atoms with E-state index in [4.69, 9.17) is 12.2 Å². The number of hydrogen-bond acceptors (Lipinski definition) is 1. The molecule has 0 saturated heterocycles. The first-order chi connectivity index (χ1) is 3.79. The molecular weight excluding hydrogens is 118 g/mol. The van der Waals surface area contributed by atoms with Gasteiger partial charge in [-0.25, -0.2) is 0 Å². The van der Waals surface area contributed by atoms with Gasteiger partial charge in [0.15, 0.2) is 0 Å². The highest BCUT2D eigenvalue weighted by Gasteiger charge is 2.00. The third-order valence-corrected chi connectivity index (χ3v) is 1.46. The van der Waals surface area contributed by atoms with Crippen molar-refractivity contribution in [3.63, 3.8) is 0 Å². The van der Waals surface area contributed by atoms with Crippen molar-refractivity contribution in [3.8, 4) is 0 Å². The fourth-order valence-electron chi connectivity index (χ4n) is 0.753. The van der Waals surface area contributed by atoms with Crippen LogP contribution in [0.5, 0.6) is 0 Å². The molecular formula is C6H9NS. The Balaban J connectivity index is 2.57. The first-order valence-electron chi connectivity index (χ1n) is 2.75. The van der Waals surface area contributed by atoms with Gasteiger partial charge >= 0.3 is 0 Å². The summed E-state index contributed by atoms with van der Waals surface area (Å²) in [6.45, 7) is 2.03. The Labute approximate surface area is 54.8 Å². The molecule has 1 aliphatic heterocycles. The lowest BCUT2D eigenvalue weighted by Gasteiger charge is -2.11. The Morgan fingerprint density at radius 3 is 2.88 bits per heavy atom. The maximum Gasteiger partial charge on any atom is 0.0797 e. The molecule has 1 heterocycles. The molecule has 0 spiro atoms. The molecule has 1 nitrogen and oxygen atoms in total. The van der Waals surface area contributed by atoms with Gasteiger partial charge in [0.1, 0.15) is 0 Å². The summed E-state index contributed by atoms with van der Waals surface area (Å²) < 4.78 is 0. The molecule has 0 unspecified atom stereocenters. The summed E-state index contributed by atoms with van der Waals surface area (Å²) in [5.41, 5.74) is 1.20. The van der Waals surface area contributed by atoms with Crippen LogP contribution in [0.3, 0.4) is 0 Å². The van der Waals surface area contributed by atoms with Crippen molar-refractivity contribution in [3.05, 3.63) is 11.8 Å². The second-order valence-electron chi connectivity index (χ2n) is 1.97. The average Bonchev–Trinajstić information content (AvgIpc) is 1.64. The van der Waals surface area contributed by atoms with E-state index < -0.39 is 0 Å². The summed E-state index contributed by atoms with van der Waals surface area (Å²) in [7, 11) is 0. The molecule has 0 aromatic rings. The minimum absolute atomic E-state index is 0.977. The Kier molecular flexibility index (Phi) is 1.63. The van der Waals surface area contributed by atoms with Gasteiger partial charge in [0.05, 0.1) is 4.99 Å². The van der Waals surface area contributed by atoms with Gasteiger partial charge in [0.2, 0.25) is 0 Å². The monoisotopic (exact) mass is 127 g/mol. The van der Waals surface area contributed by atoms with Crippen LogP contribution in [0.4, 0.5) is 0 Å². The Morgan fingerprint density at radius 2 is 2.50 bits per heavy atom. The summed E-state index contributed by atoms with van der Waals surface area (Å²) in [5.74, 6) is 0. The number of rotatable bonds is 0. The summed E-state index contributed by atoms with van der Waals surface area (Å²) in [6, 6.07) is 0. The van der Waals surface area contributed by atoms with Gasteiger partial charge in [-0.2, -0.15) is 0 Å². The Hall–Kier alpha value is -0.370. The van der Waals surface area contributed by atoms with Gasteiger partial charge in [0, 0.05) is 12.1 Å². The van der Waals surface area contributed by atoms with Gasteiger partial charge in [-0.3, -0.25) is 0 Å². The Bertz CT molecular complexity index is 137. The van der Waals surface area contributed by atoms with Crippen molar-refractivity contribution in [2.24, 2.45) is 0 Å². The summed E-state index contributed by atoms with van der Waals surface area (Å²) in [5, 5.41) is 3.07. The largest absolute Gasteiger partial charge is 0.354 e. The molecule has 0 aromatic carbocycles. The maximum absolute atomic E-state index is 4.93. The zero-order valence-electron chi connectivity index (χ0n) is 4.90. The van der Waals surface area contributed by atoms with Gasteiger partial charge in [-0.1, -0.05) is 18.3 Å². The van der Waals surface area contributed by atoms with Crippen LogP contribution in [0.25, 0.3) is 0 Å². The molecule has 0 radical (unpaired) electrons. The van der Waals surface area contributed by atoms with E-state index in [9.17, 15) is 0 Å². The fourth-order valence-corrected chi connectivity index (χ4v) is 1.03. The first kappa shape index (κ1) is 5.76. The molecule has 0 aliphatic carbocycles. The zero-order valence-corrected chi connectivity index (χ0v) is 5.72. The van der Waals surface area contributed by atoms with Crippen molar-refractivity contribution in [1.82, 2.24) is 5.32 Å². The van der Waals surface area contributed by atoms with Crippen LogP contribution in [0.15, 0.2) is 11.8 Å². The fraction of sp³-hybridized carbons (Fsp3) is 0.500. The number of thiocarbonyl (C=S) groups is 1. The minimum atomic E-state index is 0.977. The molecule has 8 heavy (non-hydrogen) atoms. The van der Waals surface area contributed by atoms with Crippen LogP contribution in [-0.4, -0.2) is 4.99 Å². The highest BCUT2D eigenvalue weighted by molar-refractivity contribution is 7.80. The molecule has 1 aliphatic rings. The van der Waals surface area contributed by atoms with E-state index in [2.05, 4.69) is 11.4 Å². The second-order valence-corrected chi connectivity index (χ2v) is 2.47. The molecule has 0 bridgehead atoms. The molecule has 0 aromatic heterocycles. The van der Waals surface area contributed by atoms with Crippen molar-refractivity contribution in [2.45, 2.75) is 19.8 Å². The van der Waals surface area contributed by atoms with E-state index in [1.807, 2.05) is 6.92 Å². The van der Waals surface area contributed by atoms with Gasteiger partial charge in [-0.05, 0) is 13.3 Å². The van der Waals surface area contributed by atoms with Crippen molar-refractivity contribution >= 4 is 17.2 Å². The van der Waals surface area contributed by atoms with Crippen LogP contribution >= 0.6 is 12.2 Å². The number of allylic oxidation sites excluding steroid dienone is 2. The van der Waals surface area contributed by atoms with Crippen LogP contribution in [0.1, 0.15) is 19.8 Å². The zero-order chi connectivity index (χ0) is 5.98. The van der Waals surface area contributed by atoms with Crippen LogP contribution in [-0.2, 0) is 0 Å². The highest BCUT2D eigenvalue weighted by Crippen LogP contribution is 2.03. The molecule has 1 N–H and O–H groups in total. The minimum Gasteiger partial charge on any atom is -0.354 e. The van der Waals surface area contributed by atoms with Gasteiger partial charge in [0.25, 0.3) is 0 Å². The van der Waals surface area contributed by atoms with Crippen molar-refractivity contribution in [1.29, 1.82) is 0 Å². The lowest BCUT2D eigenvalue weighted by molar-refractivity contribution is 0.948. The summed E-state index contributed by atoms with van der Waals surface area (Å²) >= 11 is 4.93. The van der Waals surface area contributed by atoms with Crippen molar-refractivity contribution in [2.75, 3.05) is 0 Å². The van der Waals surface area contributed by atoms with Crippen LogP contribution < -0.4 is 5.32 Å². The number of nitrogens with one attached hydrogen (secondary N) is 1. The standard InChI is InChI=1S/C6H9NS/c1-5-3-2-4-6(8)7-5/h3H,2,4H2,1H3,(H,7,8). The van der Waals surface area contributed by atoms with E-state index in [0.29, 0.717) is 0 Å². The normalized spacial score (nSPS) is 19.6. The third kappa shape index (κ3) is 1.30. The van der Waals surface area contributed by atoms with Crippen LogP contribution in [0.2, 0.25) is 0 Å². The molecule has 2 heteroatoms. The maximum atomic E-state index is 4.93. The van der Waals surface area contributed by atoms with Gasteiger partial charge in [-0.15, -0.1) is 0 Å². The Morgan fingerprint density at radius 1 is 1.75 bits per heavy atom.